The van der Waals surface area contributed by atoms with Crippen LogP contribution >= 0.6 is 23.2 Å². The smallest absolute Gasteiger partial charge is 0.334 e. The molecule has 1 aromatic carbocycles. The number of rotatable bonds is 3. The van der Waals surface area contributed by atoms with Gasteiger partial charge >= 0.3 is 5.69 Å². The number of nitrogens with zero attached hydrogens (tertiary/aromatic N) is 3. The molecule has 0 spiro atoms. The number of nitrogens with two attached hydrogens (primary N) is 1. The summed E-state index contributed by atoms with van der Waals surface area (Å²) in [6.45, 7) is 3.63. The van der Waals surface area contributed by atoms with Crippen molar-refractivity contribution in [2.45, 2.75) is 19.8 Å². The maximum Gasteiger partial charge on any atom is 0.334 e. The Kier molecular flexibility index (Phi) is 3.87. The third kappa shape index (κ3) is 2.44. The molecule has 8 heteroatoms. The first-order valence-corrected chi connectivity index (χ1v) is 6.56. The minimum atomic E-state index is -0.522. The van der Waals surface area contributed by atoms with E-state index in [0.29, 0.717) is 21.4 Å². The Balaban J connectivity index is 2.66. The van der Waals surface area contributed by atoms with Crippen molar-refractivity contribution in [2.75, 3.05) is 5.73 Å². The third-order valence-corrected chi connectivity index (χ3v) is 3.54. The van der Waals surface area contributed by atoms with Gasteiger partial charge in [0.2, 0.25) is 5.82 Å². The van der Waals surface area contributed by atoms with Crippen LogP contribution in [0.1, 0.15) is 25.5 Å². The zero-order valence-corrected chi connectivity index (χ0v) is 12.3. The highest BCUT2D eigenvalue weighted by Crippen LogP contribution is 2.34. The number of nitro groups is 1. The lowest BCUT2D eigenvalue weighted by atomic mass is 10.1. The van der Waals surface area contributed by atoms with Crippen LogP contribution in [0, 0.1) is 10.1 Å². The zero-order valence-electron chi connectivity index (χ0n) is 10.8. The van der Waals surface area contributed by atoms with Gasteiger partial charge in [-0.2, -0.15) is 5.10 Å². The predicted octanol–water partition coefficient (Wildman–Crippen LogP) is 3.79. The molecule has 1 heterocycles. The van der Waals surface area contributed by atoms with Crippen LogP contribution in [0.4, 0.5) is 11.5 Å². The van der Waals surface area contributed by atoms with E-state index in [1.54, 1.807) is 18.2 Å². The molecule has 0 saturated heterocycles. The van der Waals surface area contributed by atoms with E-state index in [9.17, 15) is 10.1 Å². The maximum atomic E-state index is 11.1. The van der Waals surface area contributed by atoms with Crippen molar-refractivity contribution in [3.8, 4) is 5.69 Å². The van der Waals surface area contributed by atoms with Gasteiger partial charge in [0.25, 0.3) is 0 Å². The van der Waals surface area contributed by atoms with Gasteiger partial charge in [-0.3, -0.25) is 10.1 Å². The van der Waals surface area contributed by atoms with Crippen molar-refractivity contribution in [2.24, 2.45) is 0 Å². The van der Waals surface area contributed by atoms with Gasteiger partial charge in [0.05, 0.1) is 20.7 Å². The molecule has 6 nitrogen and oxygen atoms in total. The SMILES string of the molecule is CC(C)c1nn(-c2ccc(Cl)c(Cl)c2)c(N)c1[N+](=O)[O-]. The first-order chi connectivity index (χ1) is 9.32. The van der Waals surface area contributed by atoms with Crippen molar-refractivity contribution in [1.29, 1.82) is 0 Å². The predicted molar refractivity (Wildman–Crippen MR) is 78.7 cm³/mol. The minimum Gasteiger partial charge on any atom is -0.378 e. The topological polar surface area (TPSA) is 87.0 Å². The van der Waals surface area contributed by atoms with E-state index >= 15 is 0 Å². The summed E-state index contributed by atoms with van der Waals surface area (Å²) in [4.78, 5) is 10.6. The number of anilines is 1. The fourth-order valence-corrected chi connectivity index (χ4v) is 2.12. The summed E-state index contributed by atoms with van der Waals surface area (Å²) in [5.41, 5.74) is 6.52. The Morgan fingerprint density at radius 3 is 2.45 bits per heavy atom. The van der Waals surface area contributed by atoms with Crippen LogP contribution in [-0.2, 0) is 0 Å². The first kappa shape index (κ1) is 14.6. The van der Waals surface area contributed by atoms with Gasteiger partial charge in [-0.1, -0.05) is 37.0 Å². The number of benzene rings is 1. The summed E-state index contributed by atoms with van der Waals surface area (Å²) >= 11 is 11.8. The van der Waals surface area contributed by atoms with E-state index in [-0.39, 0.29) is 17.4 Å². The van der Waals surface area contributed by atoms with E-state index < -0.39 is 4.92 Å². The molecule has 2 rings (SSSR count). The molecule has 0 radical (unpaired) electrons. The van der Waals surface area contributed by atoms with Crippen molar-refractivity contribution >= 4 is 34.7 Å². The molecule has 0 amide bonds. The van der Waals surface area contributed by atoms with Crippen LogP contribution in [0.25, 0.3) is 5.69 Å². The maximum absolute atomic E-state index is 11.1. The van der Waals surface area contributed by atoms with Gasteiger partial charge in [0, 0.05) is 5.92 Å². The quantitative estimate of drug-likeness (QED) is 0.689. The fourth-order valence-electron chi connectivity index (χ4n) is 1.83. The molecule has 0 aliphatic rings. The first-order valence-electron chi connectivity index (χ1n) is 5.81. The van der Waals surface area contributed by atoms with Crippen molar-refractivity contribution < 1.29 is 4.92 Å². The Morgan fingerprint density at radius 1 is 1.35 bits per heavy atom. The lowest BCUT2D eigenvalue weighted by molar-refractivity contribution is -0.384. The number of hydrogen-bond acceptors (Lipinski definition) is 4. The van der Waals surface area contributed by atoms with Crippen LogP contribution in [0.3, 0.4) is 0 Å². The summed E-state index contributed by atoms with van der Waals surface area (Å²) in [6.07, 6.45) is 0. The number of hydrogen-bond donors (Lipinski definition) is 1. The summed E-state index contributed by atoms with van der Waals surface area (Å²) in [6, 6.07) is 4.79. The molecule has 0 fully saturated rings. The largest absolute Gasteiger partial charge is 0.378 e. The second kappa shape index (κ2) is 5.30. The van der Waals surface area contributed by atoms with Crippen LogP contribution in [0.5, 0.6) is 0 Å². The van der Waals surface area contributed by atoms with Crippen LogP contribution in [-0.4, -0.2) is 14.7 Å². The zero-order chi connectivity index (χ0) is 15.0. The van der Waals surface area contributed by atoms with E-state index in [1.807, 2.05) is 13.8 Å². The molecular formula is C12H12Cl2N4O2. The van der Waals surface area contributed by atoms with Crippen LogP contribution < -0.4 is 5.73 Å². The fraction of sp³-hybridized carbons (Fsp3) is 0.250. The molecule has 0 saturated carbocycles. The van der Waals surface area contributed by atoms with Crippen molar-refractivity contribution in [3.05, 3.63) is 44.1 Å². The average molecular weight is 315 g/mol. The summed E-state index contributed by atoms with van der Waals surface area (Å²) in [5.74, 6) is -0.154. The molecule has 0 aliphatic carbocycles. The molecule has 1 aromatic heterocycles. The Bertz CT molecular complexity index is 682. The summed E-state index contributed by atoms with van der Waals surface area (Å²) < 4.78 is 1.30. The van der Waals surface area contributed by atoms with E-state index in [4.69, 9.17) is 28.9 Å². The van der Waals surface area contributed by atoms with Crippen LogP contribution in [0.15, 0.2) is 18.2 Å². The highest BCUT2D eigenvalue weighted by molar-refractivity contribution is 6.42. The normalized spacial score (nSPS) is 11.1. The molecule has 106 valence electrons. The molecule has 0 aliphatic heterocycles. The Labute approximate surface area is 125 Å². The van der Waals surface area contributed by atoms with Gasteiger partial charge in [-0.15, -0.1) is 0 Å². The second-order valence-corrected chi connectivity index (χ2v) is 5.36. The van der Waals surface area contributed by atoms with Gasteiger partial charge in [-0.25, -0.2) is 4.68 Å². The van der Waals surface area contributed by atoms with E-state index in [0.717, 1.165) is 0 Å². The summed E-state index contributed by atoms with van der Waals surface area (Å²) in [5, 5.41) is 16.1. The standard InChI is InChI=1S/C12H12Cl2N4O2/c1-6(2)10-11(18(19)20)12(15)17(16-10)7-3-4-8(13)9(14)5-7/h3-6H,15H2,1-2H3. The minimum absolute atomic E-state index is 0.0305. The lowest BCUT2D eigenvalue weighted by Crippen LogP contribution is -2.03. The monoisotopic (exact) mass is 314 g/mol. The van der Waals surface area contributed by atoms with Crippen molar-refractivity contribution in [1.82, 2.24) is 9.78 Å². The Hall–Kier alpha value is -1.79. The molecule has 0 atom stereocenters. The van der Waals surface area contributed by atoms with Gasteiger partial charge in [-0.05, 0) is 18.2 Å². The molecular weight excluding hydrogens is 303 g/mol. The summed E-state index contributed by atoms with van der Waals surface area (Å²) in [7, 11) is 0. The second-order valence-electron chi connectivity index (χ2n) is 4.54. The Morgan fingerprint density at radius 2 is 2.00 bits per heavy atom. The van der Waals surface area contributed by atoms with E-state index in [2.05, 4.69) is 5.10 Å². The molecule has 0 unspecified atom stereocenters. The number of nitrogen functional groups attached to an aromatic ring is 1. The molecule has 2 N–H and O–H groups in total. The molecule has 20 heavy (non-hydrogen) atoms. The van der Waals surface area contributed by atoms with Crippen molar-refractivity contribution in [3.63, 3.8) is 0 Å². The van der Waals surface area contributed by atoms with Gasteiger partial charge in [0.1, 0.15) is 5.69 Å². The lowest BCUT2D eigenvalue weighted by Gasteiger charge is -2.04. The average Bonchev–Trinajstić information content (AvgIpc) is 2.71. The third-order valence-electron chi connectivity index (χ3n) is 2.80. The molecule has 0 bridgehead atoms. The van der Waals surface area contributed by atoms with Gasteiger partial charge in [0.15, 0.2) is 0 Å². The highest BCUT2D eigenvalue weighted by Gasteiger charge is 2.28. The van der Waals surface area contributed by atoms with Crippen LogP contribution in [0.2, 0.25) is 10.0 Å². The highest BCUT2D eigenvalue weighted by atomic mass is 35.5. The van der Waals surface area contributed by atoms with Gasteiger partial charge < -0.3 is 5.73 Å². The van der Waals surface area contributed by atoms with E-state index in [1.165, 1.54) is 4.68 Å². The molecule has 2 aromatic rings. The number of aromatic nitrogens is 2. The number of halogens is 2.